The second-order valence-corrected chi connectivity index (χ2v) is 5.54. The number of nitrogens with two attached hydrogens (primary N) is 1. The van der Waals surface area contributed by atoms with E-state index in [1.54, 1.807) is 0 Å². The second-order valence-electron chi connectivity index (χ2n) is 5.54. The maximum Gasteiger partial charge on any atom is 0.0459 e. The highest BCUT2D eigenvalue weighted by atomic mass is 14.7. The largest absolute Gasteiger partial charge is 0.358 e. The lowest BCUT2D eigenvalue weighted by atomic mass is 9.91. The molecule has 17 heavy (non-hydrogen) atoms. The first-order valence-corrected chi connectivity index (χ1v) is 6.54. The molecule has 0 fully saturated rings. The van der Waals surface area contributed by atoms with Gasteiger partial charge in [-0.1, -0.05) is 19.9 Å². The summed E-state index contributed by atoms with van der Waals surface area (Å²) in [6.45, 7) is 4.48. The Labute approximate surface area is 102 Å². The minimum absolute atomic E-state index is 0.337. The third kappa shape index (κ3) is 1.77. The summed E-state index contributed by atoms with van der Waals surface area (Å²) >= 11 is 0. The molecule has 2 heteroatoms. The van der Waals surface area contributed by atoms with E-state index in [0.29, 0.717) is 12.0 Å². The van der Waals surface area contributed by atoms with Gasteiger partial charge in [-0.15, -0.1) is 0 Å². The van der Waals surface area contributed by atoms with Crippen LogP contribution in [-0.4, -0.2) is 11.0 Å². The molecule has 1 unspecified atom stereocenters. The van der Waals surface area contributed by atoms with E-state index in [1.807, 2.05) is 0 Å². The second kappa shape index (κ2) is 3.88. The normalized spacial score (nSPS) is 19.9. The molecule has 3 rings (SSSR count). The molecule has 0 saturated carbocycles. The van der Waals surface area contributed by atoms with Crippen molar-refractivity contribution in [3.63, 3.8) is 0 Å². The number of aryl methyl sites for hydroxylation is 1. The van der Waals surface area contributed by atoms with Gasteiger partial charge in [0, 0.05) is 22.6 Å². The highest BCUT2D eigenvalue weighted by molar-refractivity contribution is 5.85. The minimum Gasteiger partial charge on any atom is -0.358 e. The number of aromatic nitrogens is 1. The van der Waals surface area contributed by atoms with Crippen LogP contribution in [0.4, 0.5) is 0 Å². The molecular weight excluding hydrogens is 208 g/mol. The molecule has 1 aromatic heterocycles. The summed E-state index contributed by atoms with van der Waals surface area (Å²) < 4.78 is 0. The van der Waals surface area contributed by atoms with Crippen LogP contribution in [-0.2, 0) is 12.8 Å². The van der Waals surface area contributed by atoms with Crippen molar-refractivity contribution < 1.29 is 0 Å². The van der Waals surface area contributed by atoms with Crippen LogP contribution >= 0.6 is 0 Å². The first-order valence-electron chi connectivity index (χ1n) is 6.54. The van der Waals surface area contributed by atoms with E-state index in [0.717, 1.165) is 19.3 Å². The van der Waals surface area contributed by atoms with Gasteiger partial charge in [-0.05, 0) is 48.4 Å². The summed E-state index contributed by atoms with van der Waals surface area (Å²) in [6.07, 6.45) is 3.23. The molecule has 3 N–H and O–H groups in total. The third-order valence-electron chi connectivity index (χ3n) is 3.92. The number of H-pyrrole nitrogens is 1. The van der Waals surface area contributed by atoms with Crippen molar-refractivity contribution in [2.75, 3.05) is 0 Å². The summed E-state index contributed by atoms with van der Waals surface area (Å²) in [5.74, 6) is 0.585. The van der Waals surface area contributed by atoms with Crippen molar-refractivity contribution in [1.29, 1.82) is 0 Å². The fourth-order valence-corrected chi connectivity index (χ4v) is 2.82. The number of hydrogen-bond donors (Lipinski definition) is 2. The van der Waals surface area contributed by atoms with Crippen molar-refractivity contribution in [1.82, 2.24) is 4.98 Å². The van der Waals surface area contributed by atoms with E-state index < -0.39 is 0 Å². The van der Waals surface area contributed by atoms with Gasteiger partial charge in [0.15, 0.2) is 0 Å². The molecular formula is C15H20N2. The van der Waals surface area contributed by atoms with Gasteiger partial charge in [0.25, 0.3) is 0 Å². The van der Waals surface area contributed by atoms with Crippen LogP contribution in [0.3, 0.4) is 0 Å². The molecule has 0 bridgehead atoms. The molecule has 1 aromatic carbocycles. The van der Waals surface area contributed by atoms with E-state index >= 15 is 0 Å². The molecule has 90 valence electrons. The zero-order chi connectivity index (χ0) is 12.0. The SMILES string of the molecule is CC(C)c1ccc2[nH]c3c(c2c1)CC(N)CC3. The highest BCUT2D eigenvalue weighted by Crippen LogP contribution is 2.30. The highest BCUT2D eigenvalue weighted by Gasteiger charge is 2.20. The van der Waals surface area contributed by atoms with E-state index in [1.165, 1.54) is 27.7 Å². The van der Waals surface area contributed by atoms with Crippen molar-refractivity contribution in [3.05, 3.63) is 35.0 Å². The van der Waals surface area contributed by atoms with E-state index in [4.69, 9.17) is 5.73 Å². The van der Waals surface area contributed by atoms with Gasteiger partial charge in [0.05, 0.1) is 0 Å². The van der Waals surface area contributed by atoms with Crippen LogP contribution in [0, 0.1) is 0 Å². The number of hydrogen-bond acceptors (Lipinski definition) is 1. The van der Waals surface area contributed by atoms with Gasteiger partial charge >= 0.3 is 0 Å². The first kappa shape index (κ1) is 10.8. The van der Waals surface area contributed by atoms with Gasteiger partial charge in [-0.25, -0.2) is 0 Å². The van der Waals surface area contributed by atoms with Crippen LogP contribution in [0.2, 0.25) is 0 Å². The lowest BCUT2D eigenvalue weighted by Crippen LogP contribution is -2.27. The third-order valence-corrected chi connectivity index (χ3v) is 3.92. The molecule has 0 amide bonds. The zero-order valence-electron chi connectivity index (χ0n) is 10.6. The summed E-state index contributed by atoms with van der Waals surface area (Å²) in [5.41, 5.74) is 11.6. The molecule has 1 atom stereocenters. The van der Waals surface area contributed by atoms with Crippen LogP contribution in [0.25, 0.3) is 10.9 Å². The average molecular weight is 228 g/mol. The number of nitrogens with one attached hydrogen (secondary N) is 1. The molecule has 0 spiro atoms. The van der Waals surface area contributed by atoms with Crippen LogP contribution in [0.15, 0.2) is 18.2 Å². The maximum absolute atomic E-state index is 6.08. The fourth-order valence-electron chi connectivity index (χ4n) is 2.82. The van der Waals surface area contributed by atoms with Crippen LogP contribution in [0.5, 0.6) is 0 Å². The Kier molecular flexibility index (Phi) is 2.48. The molecule has 1 heterocycles. The fraction of sp³-hybridized carbons (Fsp3) is 0.467. The Hall–Kier alpha value is -1.28. The number of fused-ring (bicyclic) bond motifs is 3. The van der Waals surface area contributed by atoms with Crippen LogP contribution < -0.4 is 5.73 Å². The quantitative estimate of drug-likeness (QED) is 0.773. The minimum atomic E-state index is 0.337. The molecule has 1 aliphatic carbocycles. The number of rotatable bonds is 1. The number of aromatic amines is 1. The molecule has 0 radical (unpaired) electrons. The van der Waals surface area contributed by atoms with Crippen molar-refractivity contribution >= 4 is 10.9 Å². The summed E-state index contributed by atoms with van der Waals surface area (Å²) in [6, 6.07) is 7.13. The lowest BCUT2D eigenvalue weighted by Gasteiger charge is -2.18. The topological polar surface area (TPSA) is 41.8 Å². The Morgan fingerprint density at radius 3 is 2.94 bits per heavy atom. The predicted octanol–water partition coefficient (Wildman–Crippen LogP) is 3.11. The summed E-state index contributed by atoms with van der Waals surface area (Å²) in [5, 5.41) is 1.39. The van der Waals surface area contributed by atoms with Crippen molar-refractivity contribution in [2.24, 2.45) is 5.73 Å². The van der Waals surface area contributed by atoms with Gasteiger partial charge in [-0.3, -0.25) is 0 Å². The molecule has 1 aliphatic rings. The Morgan fingerprint density at radius 2 is 2.18 bits per heavy atom. The molecule has 0 aliphatic heterocycles. The van der Waals surface area contributed by atoms with Gasteiger partial charge in [-0.2, -0.15) is 0 Å². The van der Waals surface area contributed by atoms with Gasteiger partial charge in [0.1, 0.15) is 0 Å². The van der Waals surface area contributed by atoms with E-state index in [-0.39, 0.29) is 0 Å². The van der Waals surface area contributed by atoms with Crippen LogP contribution in [0.1, 0.15) is 43.0 Å². The summed E-state index contributed by atoms with van der Waals surface area (Å²) in [7, 11) is 0. The Balaban J connectivity index is 2.18. The zero-order valence-corrected chi connectivity index (χ0v) is 10.6. The first-order chi connectivity index (χ1) is 8.15. The van der Waals surface area contributed by atoms with Crippen molar-refractivity contribution in [3.8, 4) is 0 Å². The summed E-state index contributed by atoms with van der Waals surface area (Å²) in [4.78, 5) is 3.55. The standard InChI is InChI=1S/C15H20N2/c1-9(2)10-3-5-14-12(7-10)13-8-11(16)4-6-15(13)17-14/h3,5,7,9,11,17H,4,6,8,16H2,1-2H3. The van der Waals surface area contributed by atoms with E-state index in [2.05, 4.69) is 37.0 Å². The average Bonchev–Trinajstić information content (AvgIpc) is 2.66. The monoisotopic (exact) mass is 228 g/mol. The smallest absolute Gasteiger partial charge is 0.0459 e. The molecule has 2 nitrogen and oxygen atoms in total. The Morgan fingerprint density at radius 1 is 1.35 bits per heavy atom. The predicted molar refractivity (Wildman–Crippen MR) is 72.4 cm³/mol. The van der Waals surface area contributed by atoms with Crippen molar-refractivity contribution in [2.45, 2.75) is 45.1 Å². The van der Waals surface area contributed by atoms with Gasteiger partial charge in [0.2, 0.25) is 0 Å². The molecule has 0 saturated heterocycles. The maximum atomic E-state index is 6.08. The number of benzene rings is 1. The van der Waals surface area contributed by atoms with Gasteiger partial charge < -0.3 is 10.7 Å². The lowest BCUT2D eigenvalue weighted by molar-refractivity contribution is 0.574. The van der Waals surface area contributed by atoms with E-state index in [9.17, 15) is 0 Å². The molecule has 2 aromatic rings. The Bertz CT molecular complexity index is 551.